The minimum atomic E-state index is -0.361. The van der Waals surface area contributed by atoms with Gasteiger partial charge in [0.1, 0.15) is 23.0 Å². The van der Waals surface area contributed by atoms with Crippen LogP contribution >= 0.6 is 11.3 Å². The molecule has 2 heterocycles. The lowest BCUT2D eigenvalue weighted by Crippen LogP contribution is -2.10. The molecule has 4 rings (SSSR count). The van der Waals surface area contributed by atoms with Crippen LogP contribution in [0.1, 0.15) is 27.4 Å². The average Bonchev–Trinajstić information content (AvgIpc) is 3.49. The number of aromatic nitrogens is 1. The lowest BCUT2D eigenvalue weighted by molar-refractivity contribution is 0.0995. The van der Waals surface area contributed by atoms with Crippen LogP contribution in [0, 0.1) is 6.92 Å². The molecule has 0 radical (unpaired) electrons. The molecule has 33 heavy (non-hydrogen) atoms. The first kappa shape index (κ1) is 22.4. The molecule has 170 valence electrons. The van der Waals surface area contributed by atoms with Crippen molar-refractivity contribution in [1.29, 1.82) is 0 Å². The van der Waals surface area contributed by atoms with Crippen LogP contribution in [-0.4, -0.2) is 32.2 Å². The quantitative estimate of drug-likeness (QED) is 0.367. The van der Waals surface area contributed by atoms with Crippen molar-refractivity contribution >= 4 is 22.4 Å². The van der Waals surface area contributed by atoms with Gasteiger partial charge in [-0.25, -0.2) is 4.98 Å². The molecule has 4 aromatic rings. The molecule has 2 aromatic heterocycles. The first-order chi connectivity index (χ1) is 16.0. The van der Waals surface area contributed by atoms with Gasteiger partial charge < -0.3 is 18.6 Å². The SMILES string of the molecule is COc1cc(OC)c(Cc2ccc(C(=O)Nc3nc(-c4ccc(C)cc4)cs3)o2)c(OC)c1. The van der Waals surface area contributed by atoms with Gasteiger partial charge in [-0.05, 0) is 19.1 Å². The standard InChI is InChI=1S/C25H24N2O5S/c1-15-5-7-16(8-6-15)20-14-33-25(26-20)27-24(28)21-10-9-17(32-21)11-19-22(30-3)12-18(29-2)13-23(19)31-4/h5-10,12-14H,11H2,1-4H3,(H,26,27,28). The largest absolute Gasteiger partial charge is 0.496 e. The molecule has 0 spiro atoms. The van der Waals surface area contributed by atoms with E-state index in [4.69, 9.17) is 18.6 Å². The second-order valence-corrected chi connectivity index (χ2v) is 8.17. The molecule has 1 N–H and O–H groups in total. The number of hydrogen-bond donors (Lipinski definition) is 1. The predicted molar refractivity (Wildman–Crippen MR) is 128 cm³/mol. The molecule has 7 nitrogen and oxygen atoms in total. The monoisotopic (exact) mass is 464 g/mol. The van der Waals surface area contributed by atoms with Gasteiger partial charge in [0.25, 0.3) is 5.91 Å². The van der Waals surface area contributed by atoms with Crippen LogP contribution in [0.4, 0.5) is 5.13 Å². The fourth-order valence-corrected chi connectivity index (χ4v) is 4.08. The number of nitrogens with one attached hydrogen (secondary N) is 1. The van der Waals surface area contributed by atoms with E-state index in [-0.39, 0.29) is 11.7 Å². The lowest BCUT2D eigenvalue weighted by atomic mass is 10.1. The number of rotatable bonds is 8. The van der Waals surface area contributed by atoms with Crippen LogP contribution in [0.3, 0.4) is 0 Å². The van der Waals surface area contributed by atoms with Gasteiger partial charge in [0.15, 0.2) is 10.9 Å². The third-order valence-electron chi connectivity index (χ3n) is 5.13. The molecule has 0 aliphatic carbocycles. The number of furan rings is 1. The van der Waals surface area contributed by atoms with Gasteiger partial charge >= 0.3 is 0 Å². The van der Waals surface area contributed by atoms with Crippen molar-refractivity contribution in [1.82, 2.24) is 4.98 Å². The summed E-state index contributed by atoms with van der Waals surface area (Å²) in [5.41, 5.74) is 3.79. The Labute approximate surface area is 195 Å². The maximum absolute atomic E-state index is 12.7. The van der Waals surface area contributed by atoms with E-state index in [9.17, 15) is 4.79 Å². The minimum absolute atomic E-state index is 0.198. The van der Waals surface area contributed by atoms with Gasteiger partial charge in [-0.3, -0.25) is 10.1 Å². The highest BCUT2D eigenvalue weighted by Crippen LogP contribution is 2.36. The Morgan fingerprint density at radius 3 is 2.33 bits per heavy atom. The van der Waals surface area contributed by atoms with Gasteiger partial charge in [-0.15, -0.1) is 11.3 Å². The highest BCUT2D eigenvalue weighted by molar-refractivity contribution is 7.14. The van der Waals surface area contributed by atoms with E-state index < -0.39 is 0 Å². The van der Waals surface area contributed by atoms with Crippen molar-refractivity contribution in [3.63, 3.8) is 0 Å². The molecule has 0 bridgehead atoms. The summed E-state index contributed by atoms with van der Waals surface area (Å²) in [4.78, 5) is 17.2. The summed E-state index contributed by atoms with van der Waals surface area (Å²) in [6.07, 6.45) is 0.387. The molecular formula is C25H24N2O5S. The molecule has 0 saturated carbocycles. The Morgan fingerprint density at radius 1 is 1.00 bits per heavy atom. The Kier molecular flexibility index (Phi) is 6.65. The molecule has 0 saturated heterocycles. The van der Waals surface area contributed by atoms with Crippen molar-refractivity contribution in [2.45, 2.75) is 13.3 Å². The van der Waals surface area contributed by atoms with Crippen LogP contribution < -0.4 is 19.5 Å². The van der Waals surface area contributed by atoms with Crippen LogP contribution in [0.25, 0.3) is 11.3 Å². The maximum atomic E-state index is 12.7. The summed E-state index contributed by atoms with van der Waals surface area (Å²) in [6, 6.07) is 15.0. The highest BCUT2D eigenvalue weighted by atomic mass is 32.1. The number of carbonyl (C=O) groups excluding carboxylic acids is 1. The number of anilines is 1. The van der Waals surface area contributed by atoms with E-state index in [1.54, 1.807) is 45.6 Å². The normalized spacial score (nSPS) is 10.7. The number of carbonyl (C=O) groups is 1. The van der Waals surface area contributed by atoms with Crippen LogP contribution in [0.15, 0.2) is 58.3 Å². The van der Waals surface area contributed by atoms with Gasteiger partial charge in [-0.1, -0.05) is 29.8 Å². The lowest BCUT2D eigenvalue weighted by Gasteiger charge is -2.14. The van der Waals surface area contributed by atoms with E-state index in [2.05, 4.69) is 10.3 Å². The molecule has 0 aliphatic rings. The Balaban J connectivity index is 1.48. The van der Waals surface area contributed by atoms with Crippen molar-refractivity contribution in [3.05, 3.63) is 76.6 Å². The third-order valence-corrected chi connectivity index (χ3v) is 5.88. The molecular weight excluding hydrogens is 440 g/mol. The first-order valence-electron chi connectivity index (χ1n) is 10.2. The van der Waals surface area contributed by atoms with Crippen LogP contribution in [0.2, 0.25) is 0 Å². The number of methoxy groups -OCH3 is 3. The first-order valence-corrected chi connectivity index (χ1v) is 11.1. The summed E-state index contributed by atoms with van der Waals surface area (Å²) >= 11 is 1.36. The summed E-state index contributed by atoms with van der Waals surface area (Å²) in [5.74, 6) is 2.28. The van der Waals surface area contributed by atoms with Crippen molar-refractivity contribution < 1.29 is 23.4 Å². The van der Waals surface area contributed by atoms with Crippen molar-refractivity contribution in [2.24, 2.45) is 0 Å². The fraction of sp³-hybridized carbons (Fsp3) is 0.200. The van der Waals surface area contributed by atoms with Gasteiger partial charge in [-0.2, -0.15) is 0 Å². The van der Waals surface area contributed by atoms with Gasteiger partial charge in [0, 0.05) is 35.1 Å². The fourth-order valence-electron chi connectivity index (χ4n) is 3.37. The van der Waals surface area contributed by atoms with Crippen LogP contribution in [0.5, 0.6) is 17.2 Å². The maximum Gasteiger partial charge on any atom is 0.293 e. The van der Waals surface area contributed by atoms with Crippen LogP contribution in [-0.2, 0) is 6.42 Å². The van der Waals surface area contributed by atoms with E-state index in [0.717, 1.165) is 16.8 Å². The Bertz CT molecular complexity index is 1240. The number of thiazole rings is 1. The van der Waals surface area contributed by atoms with E-state index >= 15 is 0 Å². The summed E-state index contributed by atoms with van der Waals surface area (Å²) < 4.78 is 22.1. The summed E-state index contributed by atoms with van der Waals surface area (Å²) in [7, 11) is 4.74. The zero-order chi connectivity index (χ0) is 23.4. The summed E-state index contributed by atoms with van der Waals surface area (Å²) in [6.45, 7) is 2.04. The molecule has 0 unspecified atom stereocenters. The third kappa shape index (κ3) is 5.01. The smallest absolute Gasteiger partial charge is 0.293 e. The summed E-state index contributed by atoms with van der Waals surface area (Å²) in [5, 5.41) is 5.23. The number of hydrogen-bond acceptors (Lipinski definition) is 7. The number of ether oxygens (including phenoxy) is 3. The van der Waals surface area contributed by atoms with E-state index in [1.807, 2.05) is 36.6 Å². The topological polar surface area (TPSA) is 82.8 Å². The molecule has 0 fully saturated rings. The second-order valence-electron chi connectivity index (χ2n) is 7.31. The Hall–Kier alpha value is -3.78. The average molecular weight is 465 g/mol. The molecule has 8 heteroatoms. The van der Waals surface area contributed by atoms with E-state index in [1.165, 1.54) is 16.9 Å². The van der Waals surface area contributed by atoms with Crippen molar-refractivity contribution in [3.8, 4) is 28.5 Å². The van der Waals surface area contributed by atoms with Gasteiger partial charge in [0.05, 0.1) is 27.0 Å². The zero-order valence-electron chi connectivity index (χ0n) is 18.8. The number of aryl methyl sites for hydroxylation is 1. The zero-order valence-corrected chi connectivity index (χ0v) is 19.6. The number of amides is 1. The molecule has 0 aliphatic heterocycles. The second kappa shape index (κ2) is 9.79. The Morgan fingerprint density at radius 2 is 1.70 bits per heavy atom. The van der Waals surface area contributed by atoms with Gasteiger partial charge in [0.2, 0.25) is 0 Å². The number of benzene rings is 2. The molecule has 0 atom stereocenters. The highest BCUT2D eigenvalue weighted by Gasteiger charge is 2.18. The molecule has 1 amide bonds. The van der Waals surface area contributed by atoms with E-state index in [0.29, 0.717) is 34.6 Å². The van der Waals surface area contributed by atoms with Crippen molar-refractivity contribution in [2.75, 3.05) is 26.6 Å². The molecule has 2 aromatic carbocycles. The number of nitrogens with zero attached hydrogens (tertiary/aromatic N) is 1. The minimum Gasteiger partial charge on any atom is -0.496 e. The predicted octanol–water partition coefficient (Wildman–Crippen LogP) is 5.58.